The first-order valence-corrected chi connectivity index (χ1v) is 7.88. The molecule has 1 unspecified atom stereocenters. The van der Waals surface area contributed by atoms with Gasteiger partial charge in [-0.2, -0.15) is 0 Å². The van der Waals surface area contributed by atoms with Gasteiger partial charge in [0.2, 0.25) is 0 Å². The first-order chi connectivity index (χ1) is 9.38. The Morgan fingerprint density at radius 1 is 1.20 bits per heavy atom. The topological polar surface area (TPSA) is 20.2 Å². The molecule has 0 aromatic heterocycles. The Kier molecular flexibility index (Phi) is 4.24. The summed E-state index contributed by atoms with van der Waals surface area (Å²) in [6.45, 7) is 8.45. The van der Waals surface area contributed by atoms with E-state index in [0.717, 1.165) is 36.8 Å². The third kappa shape index (κ3) is 2.18. The van der Waals surface area contributed by atoms with Crippen LogP contribution in [0.25, 0.3) is 0 Å². The van der Waals surface area contributed by atoms with Gasteiger partial charge >= 0.3 is 0 Å². The molecule has 0 heterocycles. The molecule has 0 saturated heterocycles. The molecule has 1 aromatic carbocycles. The van der Waals surface area contributed by atoms with Gasteiger partial charge in [-0.05, 0) is 42.4 Å². The number of fused-ring (bicyclic) bond motifs is 1. The van der Waals surface area contributed by atoms with Crippen molar-refractivity contribution in [3.8, 4) is 0 Å². The molecule has 1 aliphatic carbocycles. The number of halogens is 1. The third-order valence-electron chi connectivity index (χ3n) is 5.05. The number of benzene rings is 1. The minimum atomic E-state index is -0.906. The molecule has 0 saturated carbocycles. The van der Waals surface area contributed by atoms with Gasteiger partial charge in [0, 0.05) is 5.41 Å². The second-order valence-corrected chi connectivity index (χ2v) is 6.87. The largest absolute Gasteiger partial charge is 0.384 e. The Hall–Kier alpha value is -0.890. The van der Waals surface area contributed by atoms with Crippen LogP contribution in [0.15, 0.2) is 18.2 Å². The molecule has 1 aliphatic rings. The van der Waals surface area contributed by atoms with Gasteiger partial charge in [0.1, 0.15) is 5.82 Å². The van der Waals surface area contributed by atoms with E-state index < -0.39 is 5.60 Å². The van der Waals surface area contributed by atoms with Crippen molar-refractivity contribution in [3.05, 3.63) is 35.1 Å². The van der Waals surface area contributed by atoms with Crippen LogP contribution in [-0.2, 0) is 12.0 Å². The van der Waals surface area contributed by atoms with Gasteiger partial charge in [-0.3, -0.25) is 0 Å². The SMILES string of the molecule is CCCC(CCC)C1(O)c2cccc(F)c2CC1(C)C. The van der Waals surface area contributed by atoms with Gasteiger partial charge in [0.15, 0.2) is 0 Å². The minimum absolute atomic E-state index is 0.168. The summed E-state index contributed by atoms with van der Waals surface area (Å²) in [5, 5.41) is 11.6. The van der Waals surface area contributed by atoms with E-state index in [-0.39, 0.29) is 17.2 Å². The molecule has 0 aliphatic heterocycles. The van der Waals surface area contributed by atoms with E-state index in [1.54, 1.807) is 6.07 Å². The van der Waals surface area contributed by atoms with Gasteiger partial charge in [-0.1, -0.05) is 52.7 Å². The highest BCUT2D eigenvalue weighted by molar-refractivity contribution is 5.42. The summed E-state index contributed by atoms with van der Waals surface area (Å²) < 4.78 is 14.1. The average molecular weight is 278 g/mol. The van der Waals surface area contributed by atoms with Gasteiger partial charge in [0.05, 0.1) is 5.60 Å². The fourth-order valence-electron chi connectivity index (χ4n) is 4.07. The minimum Gasteiger partial charge on any atom is -0.384 e. The van der Waals surface area contributed by atoms with E-state index in [4.69, 9.17) is 0 Å². The lowest BCUT2D eigenvalue weighted by atomic mass is 9.65. The lowest BCUT2D eigenvalue weighted by Crippen LogP contribution is -2.45. The van der Waals surface area contributed by atoms with Crippen LogP contribution in [0.2, 0.25) is 0 Å². The van der Waals surface area contributed by atoms with Crippen molar-refractivity contribution >= 4 is 0 Å². The first-order valence-electron chi connectivity index (χ1n) is 7.88. The maximum Gasteiger partial charge on any atom is 0.126 e. The molecular weight excluding hydrogens is 251 g/mol. The lowest BCUT2D eigenvalue weighted by molar-refractivity contribution is -0.113. The van der Waals surface area contributed by atoms with Crippen LogP contribution in [0.4, 0.5) is 4.39 Å². The van der Waals surface area contributed by atoms with Crippen molar-refractivity contribution in [1.29, 1.82) is 0 Å². The van der Waals surface area contributed by atoms with Crippen LogP contribution < -0.4 is 0 Å². The van der Waals surface area contributed by atoms with Gasteiger partial charge in [0.25, 0.3) is 0 Å². The van der Waals surface area contributed by atoms with Crippen LogP contribution in [0.3, 0.4) is 0 Å². The zero-order chi connectivity index (χ0) is 15.0. The van der Waals surface area contributed by atoms with Crippen molar-refractivity contribution < 1.29 is 9.50 Å². The van der Waals surface area contributed by atoms with Crippen molar-refractivity contribution in [2.45, 2.75) is 65.4 Å². The second kappa shape index (κ2) is 5.48. The molecule has 2 heteroatoms. The average Bonchev–Trinajstić information content (AvgIpc) is 2.60. The molecule has 112 valence electrons. The summed E-state index contributed by atoms with van der Waals surface area (Å²) in [7, 11) is 0. The van der Waals surface area contributed by atoms with Gasteiger partial charge < -0.3 is 5.11 Å². The van der Waals surface area contributed by atoms with Crippen molar-refractivity contribution in [3.63, 3.8) is 0 Å². The fraction of sp³-hybridized carbons (Fsp3) is 0.667. The quantitative estimate of drug-likeness (QED) is 0.819. The maximum atomic E-state index is 14.1. The highest BCUT2D eigenvalue weighted by Gasteiger charge is 2.55. The highest BCUT2D eigenvalue weighted by atomic mass is 19.1. The molecule has 0 fully saturated rings. The Morgan fingerprint density at radius 3 is 2.35 bits per heavy atom. The molecule has 0 bridgehead atoms. The van der Waals surface area contributed by atoms with Crippen molar-refractivity contribution in [1.82, 2.24) is 0 Å². The Bertz CT molecular complexity index is 474. The Morgan fingerprint density at radius 2 is 1.80 bits per heavy atom. The summed E-state index contributed by atoms with van der Waals surface area (Å²) in [5.74, 6) is 0.0359. The molecule has 0 amide bonds. The molecular formula is C18H27FO. The van der Waals surface area contributed by atoms with E-state index in [1.165, 1.54) is 6.07 Å². The summed E-state index contributed by atoms with van der Waals surface area (Å²) in [6.07, 6.45) is 4.70. The number of aliphatic hydroxyl groups is 1. The molecule has 1 aromatic rings. The van der Waals surface area contributed by atoms with Gasteiger partial charge in [-0.25, -0.2) is 4.39 Å². The molecule has 1 N–H and O–H groups in total. The van der Waals surface area contributed by atoms with E-state index >= 15 is 0 Å². The van der Waals surface area contributed by atoms with Crippen LogP contribution in [0, 0.1) is 17.2 Å². The Balaban J connectivity index is 2.54. The number of rotatable bonds is 5. The van der Waals surface area contributed by atoms with E-state index in [0.29, 0.717) is 6.42 Å². The summed E-state index contributed by atoms with van der Waals surface area (Å²) in [4.78, 5) is 0. The summed E-state index contributed by atoms with van der Waals surface area (Å²) in [6, 6.07) is 5.16. The summed E-state index contributed by atoms with van der Waals surface area (Å²) >= 11 is 0. The smallest absolute Gasteiger partial charge is 0.126 e. The number of hydrogen-bond donors (Lipinski definition) is 1. The molecule has 1 atom stereocenters. The summed E-state index contributed by atoms with van der Waals surface area (Å²) in [5.41, 5.74) is 0.329. The second-order valence-electron chi connectivity index (χ2n) is 6.87. The first kappa shape index (κ1) is 15.5. The molecule has 0 radical (unpaired) electrons. The maximum absolute atomic E-state index is 14.1. The van der Waals surface area contributed by atoms with Crippen LogP contribution >= 0.6 is 0 Å². The monoisotopic (exact) mass is 278 g/mol. The fourth-order valence-corrected chi connectivity index (χ4v) is 4.07. The van der Waals surface area contributed by atoms with Crippen molar-refractivity contribution in [2.75, 3.05) is 0 Å². The predicted octanol–water partition coefficient (Wildman–Crippen LogP) is 4.81. The molecule has 2 rings (SSSR count). The van der Waals surface area contributed by atoms with E-state index in [9.17, 15) is 9.50 Å². The standard InChI is InChI=1S/C18H27FO/c1-5-8-13(9-6-2)18(20)15-10-7-11-16(19)14(15)12-17(18,3)4/h7,10-11,13,20H,5-6,8-9,12H2,1-4H3. The molecule has 20 heavy (non-hydrogen) atoms. The van der Waals surface area contributed by atoms with Crippen molar-refractivity contribution in [2.24, 2.45) is 11.3 Å². The predicted molar refractivity (Wildman–Crippen MR) is 81.1 cm³/mol. The zero-order valence-corrected chi connectivity index (χ0v) is 13.2. The zero-order valence-electron chi connectivity index (χ0n) is 13.2. The normalized spacial score (nSPS) is 24.1. The van der Waals surface area contributed by atoms with Gasteiger partial charge in [-0.15, -0.1) is 0 Å². The highest BCUT2D eigenvalue weighted by Crippen LogP contribution is 2.56. The van der Waals surface area contributed by atoms with Crippen LogP contribution in [0.5, 0.6) is 0 Å². The van der Waals surface area contributed by atoms with E-state index in [1.807, 2.05) is 6.07 Å². The van der Waals surface area contributed by atoms with Crippen LogP contribution in [0.1, 0.15) is 64.5 Å². The Labute approximate surface area is 122 Å². The lowest BCUT2D eigenvalue weighted by Gasteiger charge is -2.44. The molecule has 1 nitrogen and oxygen atoms in total. The molecule has 0 spiro atoms. The third-order valence-corrected chi connectivity index (χ3v) is 5.05. The van der Waals surface area contributed by atoms with E-state index in [2.05, 4.69) is 27.7 Å². The number of hydrogen-bond acceptors (Lipinski definition) is 1. The van der Waals surface area contributed by atoms with Crippen LogP contribution in [-0.4, -0.2) is 5.11 Å².